The summed E-state index contributed by atoms with van der Waals surface area (Å²) in [5, 5.41) is 3.04. The van der Waals surface area contributed by atoms with E-state index in [-0.39, 0.29) is 17.4 Å². The van der Waals surface area contributed by atoms with Crippen LogP contribution in [-0.2, 0) is 11.2 Å². The first kappa shape index (κ1) is 14.1. The van der Waals surface area contributed by atoms with Crippen molar-refractivity contribution < 1.29 is 4.79 Å². The lowest BCUT2D eigenvalue weighted by atomic mass is 9.74. The predicted molar refractivity (Wildman–Crippen MR) is 77.7 cm³/mol. The molecule has 0 aliphatic heterocycles. The molecule has 3 N–H and O–H groups in total. The number of amides is 1. The number of nitrogens with two attached hydrogens (primary N) is 1. The van der Waals surface area contributed by atoms with Gasteiger partial charge in [-0.1, -0.05) is 43.2 Å². The lowest BCUT2D eigenvalue weighted by Gasteiger charge is -2.37. The van der Waals surface area contributed by atoms with Gasteiger partial charge in [0.05, 0.1) is 5.92 Å². The summed E-state index contributed by atoms with van der Waals surface area (Å²) in [5.41, 5.74) is 7.16. The van der Waals surface area contributed by atoms with Crippen molar-refractivity contribution in [2.24, 2.45) is 11.7 Å². The molecule has 1 fully saturated rings. The fourth-order valence-electron chi connectivity index (χ4n) is 2.89. The monoisotopic (exact) mass is 260 g/mol. The van der Waals surface area contributed by atoms with Crippen molar-refractivity contribution in [1.29, 1.82) is 0 Å². The largest absolute Gasteiger partial charge is 0.355 e. The summed E-state index contributed by atoms with van der Waals surface area (Å²) < 4.78 is 0. The van der Waals surface area contributed by atoms with Crippen LogP contribution in [0.4, 0.5) is 0 Å². The van der Waals surface area contributed by atoms with Crippen molar-refractivity contribution in [3.63, 3.8) is 0 Å². The van der Waals surface area contributed by atoms with Crippen LogP contribution >= 0.6 is 0 Å². The third-order valence-electron chi connectivity index (χ3n) is 4.13. The molecule has 0 spiro atoms. The first-order valence-corrected chi connectivity index (χ1v) is 7.20. The van der Waals surface area contributed by atoms with E-state index in [2.05, 4.69) is 17.4 Å². The fraction of sp³-hybridized carbons (Fsp3) is 0.562. The molecule has 0 heterocycles. The maximum Gasteiger partial charge on any atom is 0.224 e. The van der Waals surface area contributed by atoms with Gasteiger partial charge in [0.1, 0.15) is 0 Å². The minimum Gasteiger partial charge on any atom is -0.355 e. The Kier molecular flexibility index (Phi) is 4.59. The molecule has 1 saturated carbocycles. The molecule has 2 unspecified atom stereocenters. The highest BCUT2D eigenvalue weighted by molar-refractivity contribution is 5.80. The molecule has 3 heteroatoms. The summed E-state index contributed by atoms with van der Waals surface area (Å²) in [4.78, 5) is 12.2. The first-order valence-electron chi connectivity index (χ1n) is 7.20. The zero-order chi connectivity index (χ0) is 13.7. The van der Waals surface area contributed by atoms with E-state index in [1.165, 1.54) is 5.56 Å². The molecule has 0 radical (unpaired) electrons. The maximum atomic E-state index is 12.2. The van der Waals surface area contributed by atoms with Crippen LogP contribution < -0.4 is 11.1 Å². The minimum atomic E-state index is -0.338. The molecule has 1 amide bonds. The summed E-state index contributed by atoms with van der Waals surface area (Å²) in [6, 6.07) is 10.2. The molecule has 2 rings (SSSR count). The van der Waals surface area contributed by atoms with Gasteiger partial charge in [-0.25, -0.2) is 0 Å². The third kappa shape index (κ3) is 3.80. The quantitative estimate of drug-likeness (QED) is 0.872. The number of benzene rings is 1. The van der Waals surface area contributed by atoms with Crippen LogP contribution in [0, 0.1) is 5.92 Å². The van der Waals surface area contributed by atoms with Crippen LogP contribution in [0.2, 0.25) is 0 Å². The molecule has 3 nitrogen and oxygen atoms in total. The fourth-order valence-corrected chi connectivity index (χ4v) is 2.89. The van der Waals surface area contributed by atoms with Crippen LogP contribution in [-0.4, -0.2) is 18.0 Å². The smallest absolute Gasteiger partial charge is 0.224 e. The molecule has 0 saturated heterocycles. The number of hydrogen-bond acceptors (Lipinski definition) is 2. The average Bonchev–Trinajstić information content (AvgIpc) is 2.39. The zero-order valence-electron chi connectivity index (χ0n) is 11.7. The molecule has 19 heavy (non-hydrogen) atoms. The Balaban J connectivity index is 1.81. The molecule has 1 aromatic rings. The molecule has 0 aromatic heterocycles. The van der Waals surface area contributed by atoms with Gasteiger partial charge in [0.2, 0.25) is 5.91 Å². The van der Waals surface area contributed by atoms with E-state index in [0.29, 0.717) is 6.54 Å². The van der Waals surface area contributed by atoms with E-state index < -0.39 is 0 Å². The van der Waals surface area contributed by atoms with E-state index in [9.17, 15) is 4.79 Å². The van der Waals surface area contributed by atoms with E-state index in [0.717, 1.165) is 32.1 Å². The molecular formula is C16H24N2O. The van der Waals surface area contributed by atoms with E-state index in [1.54, 1.807) is 0 Å². The summed E-state index contributed by atoms with van der Waals surface area (Å²) in [5.74, 6) is 0.0951. The Labute approximate surface area is 115 Å². The Morgan fingerprint density at radius 2 is 2.11 bits per heavy atom. The van der Waals surface area contributed by atoms with Crippen molar-refractivity contribution in [3.8, 4) is 0 Å². The van der Waals surface area contributed by atoms with Gasteiger partial charge in [0.15, 0.2) is 0 Å². The van der Waals surface area contributed by atoms with Gasteiger partial charge in [-0.15, -0.1) is 0 Å². The van der Waals surface area contributed by atoms with Crippen LogP contribution in [0.1, 0.15) is 38.2 Å². The van der Waals surface area contributed by atoms with Crippen molar-refractivity contribution in [1.82, 2.24) is 5.32 Å². The maximum absolute atomic E-state index is 12.2. The average molecular weight is 260 g/mol. The van der Waals surface area contributed by atoms with Crippen LogP contribution in [0.3, 0.4) is 0 Å². The zero-order valence-corrected chi connectivity index (χ0v) is 11.7. The van der Waals surface area contributed by atoms with Gasteiger partial charge in [0, 0.05) is 12.1 Å². The van der Waals surface area contributed by atoms with Crippen LogP contribution in [0.5, 0.6) is 0 Å². The summed E-state index contributed by atoms with van der Waals surface area (Å²) in [6.45, 7) is 2.70. The third-order valence-corrected chi connectivity index (χ3v) is 4.13. The van der Waals surface area contributed by atoms with E-state index in [4.69, 9.17) is 5.73 Å². The highest BCUT2D eigenvalue weighted by Gasteiger charge is 2.37. The molecule has 1 aromatic carbocycles. The van der Waals surface area contributed by atoms with Crippen molar-refractivity contribution in [2.45, 2.75) is 44.6 Å². The number of carbonyl (C=O) groups is 1. The molecule has 2 atom stereocenters. The van der Waals surface area contributed by atoms with Crippen LogP contribution in [0.15, 0.2) is 30.3 Å². The Morgan fingerprint density at radius 1 is 1.37 bits per heavy atom. The van der Waals surface area contributed by atoms with Crippen molar-refractivity contribution in [3.05, 3.63) is 35.9 Å². The lowest BCUT2D eigenvalue weighted by molar-refractivity contribution is -0.128. The van der Waals surface area contributed by atoms with Crippen molar-refractivity contribution >= 4 is 5.91 Å². The Bertz CT molecular complexity index is 414. The van der Waals surface area contributed by atoms with E-state index >= 15 is 0 Å². The standard InChI is InChI=1S/C16H24N2O/c1-16(17)11-6-5-9-14(16)15(19)18-12-10-13-7-3-2-4-8-13/h2-4,7-8,14H,5-6,9-12,17H2,1H3,(H,18,19). The summed E-state index contributed by atoms with van der Waals surface area (Å²) >= 11 is 0. The molecule has 1 aliphatic carbocycles. The number of carbonyl (C=O) groups excluding carboxylic acids is 1. The van der Waals surface area contributed by atoms with Gasteiger partial charge in [-0.3, -0.25) is 4.79 Å². The second-order valence-electron chi connectivity index (χ2n) is 5.83. The van der Waals surface area contributed by atoms with Crippen LogP contribution in [0.25, 0.3) is 0 Å². The van der Waals surface area contributed by atoms with Gasteiger partial charge < -0.3 is 11.1 Å². The summed E-state index contributed by atoms with van der Waals surface area (Å²) in [6.07, 6.45) is 5.00. The minimum absolute atomic E-state index is 0.0305. The number of rotatable bonds is 4. The van der Waals surface area contributed by atoms with Gasteiger partial charge in [0.25, 0.3) is 0 Å². The molecule has 0 bridgehead atoms. The number of hydrogen-bond donors (Lipinski definition) is 2. The van der Waals surface area contributed by atoms with Crippen molar-refractivity contribution in [2.75, 3.05) is 6.54 Å². The lowest BCUT2D eigenvalue weighted by Crippen LogP contribution is -2.53. The molecule has 104 valence electrons. The molecular weight excluding hydrogens is 236 g/mol. The highest BCUT2D eigenvalue weighted by atomic mass is 16.1. The van der Waals surface area contributed by atoms with Gasteiger partial charge in [-0.05, 0) is 31.7 Å². The second-order valence-corrected chi connectivity index (χ2v) is 5.83. The van der Waals surface area contributed by atoms with Gasteiger partial charge in [-0.2, -0.15) is 0 Å². The Morgan fingerprint density at radius 3 is 2.79 bits per heavy atom. The normalized spacial score (nSPS) is 26.9. The van der Waals surface area contributed by atoms with E-state index in [1.807, 2.05) is 25.1 Å². The first-order chi connectivity index (χ1) is 9.09. The highest BCUT2D eigenvalue weighted by Crippen LogP contribution is 2.31. The Hall–Kier alpha value is -1.35. The summed E-state index contributed by atoms with van der Waals surface area (Å²) in [7, 11) is 0. The predicted octanol–water partition coefficient (Wildman–Crippen LogP) is 2.25. The second kappa shape index (κ2) is 6.20. The van der Waals surface area contributed by atoms with Gasteiger partial charge >= 0.3 is 0 Å². The molecule has 1 aliphatic rings. The SMILES string of the molecule is CC1(N)CCCCC1C(=O)NCCc1ccccc1. The number of nitrogens with one attached hydrogen (secondary N) is 1. The topological polar surface area (TPSA) is 55.1 Å².